The van der Waals surface area contributed by atoms with Gasteiger partial charge >= 0.3 is 0 Å². The van der Waals surface area contributed by atoms with Gasteiger partial charge in [-0.05, 0) is 50.1 Å². The zero-order chi connectivity index (χ0) is 19.4. The van der Waals surface area contributed by atoms with Crippen LogP contribution in [-0.2, 0) is 9.59 Å². The van der Waals surface area contributed by atoms with Crippen LogP contribution < -0.4 is 14.5 Å². The third kappa shape index (κ3) is 3.97. The Labute approximate surface area is 160 Å². The van der Waals surface area contributed by atoms with Crippen molar-refractivity contribution in [1.82, 2.24) is 0 Å². The van der Waals surface area contributed by atoms with Gasteiger partial charge in [-0.1, -0.05) is 31.2 Å². The third-order valence-electron chi connectivity index (χ3n) is 4.82. The van der Waals surface area contributed by atoms with Gasteiger partial charge in [-0.3, -0.25) is 9.59 Å². The number of fused-ring (bicyclic) bond motifs is 1. The van der Waals surface area contributed by atoms with Crippen molar-refractivity contribution in [3.63, 3.8) is 0 Å². The molecule has 0 aliphatic carbocycles. The van der Waals surface area contributed by atoms with Gasteiger partial charge in [0.25, 0.3) is 5.91 Å². The molecule has 2 aromatic carbocycles. The first-order valence-corrected chi connectivity index (χ1v) is 9.49. The van der Waals surface area contributed by atoms with E-state index in [2.05, 4.69) is 0 Å². The third-order valence-corrected chi connectivity index (χ3v) is 4.82. The summed E-state index contributed by atoms with van der Waals surface area (Å²) < 4.78 is 5.79. The molecule has 2 amide bonds. The first-order chi connectivity index (χ1) is 13.0. The predicted octanol–water partition coefficient (Wildman–Crippen LogP) is 3.94. The lowest BCUT2D eigenvalue weighted by molar-refractivity contribution is -0.126. The second-order valence-corrected chi connectivity index (χ2v) is 6.70. The molecule has 0 fully saturated rings. The highest BCUT2D eigenvalue weighted by molar-refractivity contribution is 6.01. The van der Waals surface area contributed by atoms with Gasteiger partial charge in [0.1, 0.15) is 5.75 Å². The fraction of sp³-hybridized carbons (Fsp3) is 0.364. The van der Waals surface area contributed by atoms with Crippen LogP contribution in [0.25, 0.3) is 0 Å². The highest BCUT2D eigenvalue weighted by Crippen LogP contribution is 2.34. The molecule has 0 N–H and O–H groups in total. The fourth-order valence-electron chi connectivity index (χ4n) is 3.41. The van der Waals surface area contributed by atoms with Gasteiger partial charge in [-0.2, -0.15) is 0 Å². The highest BCUT2D eigenvalue weighted by atomic mass is 16.5. The van der Waals surface area contributed by atoms with E-state index in [9.17, 15) is 9.59 Å². The maximum atomic E-state index is 12.9. The van der Waals surface area contributed by atoms with Crippen molar-refractivity contribution in [2.45, 2.75) is 39.7 Å². The van der Waals surface area contributed by atoms with E-state index in [4.69, 9.17) is 4.74 Å². The Hall–Kier alpha value is -2.82. The lowest BCUT2D eigenvalue weighted by atomic mass is 10.1. The van der Waals surface area contributed by atoms with Gasteiger partial charge in [0.15, 0.2) is 6.10 Å². The molecule has 3 rings (SSSR count). The van der Waals surface area contributed by atoms with Crippen LogP contribution in [0.3, 0.4) is 0 Å². The Morgan fingerprint density at radius 3 is 2.63 bits per heavy atom. The summed E-state index contributed by atoms with van der Waals surface area (Å²) in [6.07, 6.45) is 0.370. The molecule has 142 valence electrons. The van der Waals surface area contributed by atoms with Gasteiger partial charge in [-0.15, -0.1) is 0 Å². The van der Waals surface area contributed by atoms with Crippen LogP contribution in [0.4, 0.5) is 11.4 Å². The van der Waals surface area contributed by atoms with E-state index in [1.165, 1.54) is 0 Å². The lowest BCUT2D eigenvalue weighted by Crippen LogP contribution is -2.47. The molecular formula is C22H26N2O3. The number of ether oxygens (including phenoxy) is 1. The van der Waals surface area contributed by atoms with Crippen LogP contribution in [0.2, 0.25) is 0 Å². The van der Waals surface area contributed by atoms with Crippen molar-refractivity contribution < 1.29 is 14.3 Å². The predicted molar refractivity (Wildman–Crippen MR) is 107 cm³/mol. The molecule has 0 radical (unpaired) electrons. The van der Waals surface area contributed by atoms with Crippen molar-refractivity contribution in [2.75, 3.05) is 22.9 Å². The number of nitrogens with zero attached hydrogens (tertiary/aromatic N) is 2. The minimum atomic E-state index is -0.492. The second-order valence-electron chi connectivity index (χ2n) is 6.70. The number of aryl methyl sites for hydroxylation is 1. The fourth-order valence-corrected chi connectivity index (χ4v) is 3.41. The smallest absolute Gasteiger partial charge is 0.268 e. The average Bonchev–Trinajstić information content (AvgIpc) is 2.67. The highest BCUT2D eigenvalue weighted by Gasteiger charge is 2.33. The van der Waals surface area contributed by atoms with Crippen LogP contribution in [0.5, 0.6) is 5.75 Å². The van der Waals surface area contributed by atoms with Gasteiger partial charge in [0.05, 0.1) is 5.69 Å². The second kappa shape index (κ2) is 8.25. The molecule has 5 nitrogen and oxygen atoms in total. The molecule has 0 bridgehead atoms. The molecule has 5 heteroatoms. The van der Waals surface area contributed by atoms with Crippen molar-refractivity contribution >= 4 is 23.2 Å². The molecule has 0 saturated heterocycles. The Bertz CT molecular complexity index is 834. The summed E-state index contributed by atoms with van der Waals surface area (Å²) in [4.78, 5) is 29.1. The van der Waals surface area contributed by atoms with E-state index in [1.54, 1.807) is 9.80 Å². The Kier molecular flexibility index (Phi) is 5.79. The Morgan fingerprint density at radius 2 is 1.93 bits per heavy atom. The number of hydrogen-bond donors (Lipinski definition) is 0. The normalized spacial score (nSPS) is 15.9. The van der Waals surface area contributed by atoms with Crippen molar-refractivity contribution in [2.24, 2.45) is 0 Å². The largest absolute Gasteiger partial charge is 0.478 e. The number of rotatable bonds is 6. The van der Waals surface area contributed by atoms with Crippen molar-refractivity contribution in [3.05, 3.63) is 54.1 Å². The van der Waals surface area contributed by atoms with Crippen molar-refractivity contribution in [3.8, 4) is 5.75 Å². The zero-order valence-corrected chi connectivity index (χ0v) is 16.1. The van der Waals surface area contributed by atoms with Crippen LogP contribution >= 0.6 is 0 Å². The van der Waals surface area contributed by atoms with Crippen LogP contribution in [0.15, 0.2) is 48.5 Å². The summed E-state index contributed by atoms with van der Waals surface area (Å²) in [5, 5.41) is 0. The van der Waals surface area contributed by atoms with Crippen LogP contribution in [-0.4, -0.2) is 31.0 Å². The number of benzene rings is 2. The first-order valence-electron chi connectivity index (χ1n) is 9.49. The van der Waals surface area contributed by atoms with Crippen molar-refractivity contribution in [1.29, 1.82) is 0 Å². The van der Waals surface area contributed by atoms with Gasteiger partial charge in [-0.25, -0.2) is 0 Å². The zero-order valence-electron chi connectivity index (χ0n) is 16.1. The van der Waals surface area contributed by atoms with Gasteiger partial charge < -0.3 is 14.5 Å². The quantitative estimate of drug-likeness (QED) is 0.778. The lowest BCUT2D eigenvalue weighted by Gasteiger charge is -2.34. The maximum absolute atomic E-state index is 12.9. The molecule has 0 saturated carbocycles. The van der Waals surface area contributed by atoms with E-state index >= 15 is 0 Å². The maximum Gasteiger partial charge on any atom is 0.268 e. The molecule has 27 heavy (non-hydrogen) atoms. The number of carbonyl (C=O) groups is 2. The summed E-state index contributed by atoms with van der Waals surface area (Å²) in [6.45, 7) is 6.83. The number of anilines is 2. The molecule has 1 aliphatic heterocycles. The van der Waals surface area contributed by atoms with E-state index < -0.39 is 6.10 Å². The summed E-state index contributed by atoms with van der Waals surface area (Å²) in [5.41, 5.74) is 2.74. The first kappa shape index (κ1) is 19.0. The van der Waals surface area contributed by atoms with E-state index in [-0.39, 0.29) is 18.2 Å². The molecule has 1 atom stereocenters. The Balaban J connectivity index is 1.76. The molecule has 1 unspecified atom stereocenters. The summed E-state index contributed by atoms with van der Waals surface area (Å²) in [6, 6.07) is 15.4. The molecule has 2 aromatic rings. The topological polar surface area (TPSA) is 49.9 Å². The number of carbonyl (C=O) groups excluding carboxylic acids is 2. The SMILES string of the molecule is CCC1Oc2ccccc2N(CCC(=O)N(CC)c2cccc(C)c2)C1=O. The van der Waals surface area contributed by atoms with E-state index in [1.807, 2.05) is 69.3 Å². The summed E-state index contributed by atoms with van der Waals surface area (Å²) >= 11 is 0. The summed E-state index contributed by atoms with van der Waals surface area (Å²) in [7, 11) is 0. The molecule has 1 heterocycles. The minimum Gasteiger partial charge on any atom is -0.478 e. The number of para-hydroxylation sites is 2. The van der Waals surface area contributed by atoms with Crippen LogP contribution in [0.1, 0.15) is 32.3 Å². The number of hydrogen-bond acceptors (Lipinski definition) is 3. The molecule has 0 spiro atoms. The molecular weight excluding hydrogens is 340 g/mol. The van der Waals surface area contributed by atoms with Crippen LogP contribution in [0, 0.1) is 6.92 Å². The molecule has 0 aromatic heterocycles. The summed E-state index contributed by atoms with van der Waals surface area (Å²) in [5.74, 6) is 0.623. The average molecular weight is 366 g/mol. The minimum absolute atomic E-state index is 0.00733. The Morgan fingerprint density at radius 1 is 1.15 bits per heavy atom. The number of amides is 2. The monoisotopic (exact) mass is 366 g/mol. The molecule has 1 aliphatic rings. The van der Waals surface area contributed by atoms with Gasteiger partial charge in [0, 0.05) is 25.2 Å². The van der Waals surface area contributed by atoms with Gasteiger partial charge in [0.2, 0.25) is 5.91 Å². The van der Waals surface area contributed by atoms with E-state index in [0.29, 0.717) is 25.3 Å². The standard InChI is InChI=1S/C22H26N2O3/c1-4-19-22(26)24(18-11-6-7-12-20(18)27-19)14-13-21(25)23(5-2)17-10-8-9-16(3)15-17/h6-12,15,19H,4-5,13-14H2,1-3H3. The van der Waals surface area contributed by atoms with E-state index in [0.717, 1.165) is 16.9 Å².